The largest absolute Gasteiger partial charge is 0.493 e. The van der Waals surface area contributed by atoms with Crippen LogP contribution in [0.4, 0.5) is 16.6 Å². The van der Waals surface area contributed by atoms with Gasteiger partial charge in [0.25, 0.3) is 5.91 Å². The molecular formula is C28H40N6O5. The predicted molar refractivity (Wildman–Crippen MR) is 149 cm³/mol. The van der Waals surface area contributed by atoms with Crippen molar-refractivity contribution in [3.8, 4) is 5.75 Å². The van der Waals surface area contributed by atoms with Crippen molar-refractivity contribution < 1.29 is 23.9 Å². The Morgan fingerprint density at radius 2 is 1.90 bits per heavy atom. The highest BCUT2D eigenvalue weighted by Crippen LogP contribution is 2.27. The van der Waals surface area contributed by atoms with Crippen LogP contribution in [0.1, 0.15) is 63.4 Å². The fourth-order valence-corrected chi connectivity index (χ4v) is 4.10. The number of amides is 3. The van der Waals surface area contributed by atoms with Crippen molar-refractivity contribution in [2.45, 2.75) is 71.6 Å². The van der Waals surface area contributed by atoms with Gasteiger partial charge in [-0.15, -0.1) is 0 Å². The molecule has 0 bridgehead atoms. The molecule has 1 aromatic heterocycles. The number of likely N-dealkylation sites (N-methyl/N-ethyl adjacent to an activating group) is 1. The number of benzene rings is 1. The zero-order chi connectivity index (χ0) is 28.7. The predicted octanol–water partition coefficient (Wildman–Crippen LogP) is 3.64. The number of alkyl carbamates (subject to hydrolysis) is 1. The molecule has 39 heavy (non-hydrogen) atoms. The Morgan fingerprint density at radius 1 is 1.15 bits per heavy atom. The summed E-state index contributed by atoms with van der Waals surface area (Å²) >= 11 is 0. The second-order valence-corrected chi connectivity index (χ2v) is 11.0. The molecule has 0 aliphatic carbocycles. The normalized spacial score (nSPS) is 13.2. The lowest BCUT2D eigenvalue weighted by Crippen LogP contribution is -2.48. The van der Waals surface area contributed by atoms with Gasteiger partial charge in [0, 0.05) is 44.9 Å². The minimum absolute atomic E-state index is 0.109. The number of hydrogen-bond donors (Lipinski definition) is 2. The average Bonchev–Trinajstić information content (AvgIpc) is 3.31. The molecule has 0 spiro atoms. The van der Waals surface area contributed by atoms with Gasteiger partial charge >= 0.3 is 6.09 Å². The maximum Gasteiger partial charge on any atom is 0.408 e. The van der Waals surface area contributed by atoms with Gasteiger partial charge in [-0.25, -0.2) is 9.78 Å². The second-order valence-electron chi connectivity index (χ2n) is 11.0. The number of ether oxygens (including phenoxy) is 2. The fourth-order valence-electron chi connectivity index (χ4n) is 4.10. The maximum atomic E-state index is 13.8. The maximum absolute atomic E-state index is 13.8. The first-order valence-electron chi connectivity index (χ1n) is 13.2. The summed E-state index contributed by atoms with van der Waals surface area (Å²) < 4.78 is 10.9. The molecule has 2 heterocycles. The molecule has 2 aromatic rings. The van der Waals surface area contributed by atoms with Gasteiger partial charge in [-0.1, -0.05) is 0 Å². The van der Waals surface area contributed by atoms with Crippen LogP contribution in [0.15, 0.2) is 30.5 Å². The lowest BCUT2D eigenvalue weighted by Gasteiger charge is -2.26. The van der Waals surface area contributed by atoms with E-state index in [9.17, 15) is 14.4 Å². The zero-order valence-corrected chi connectivity index (χ0v) is 23.9. The number of hydrogen-bond acceptors (Lipinski definition) is 8. The molecule has 0 radical (unpaired) electrons. The van der Waals surface area contributed by atoms with Gasteiger partial charge < -0.3 is 25.0 Å². The Hall–Kier alpha value is -3.89. The Labute approximate surface area is 230 Å². The molecule has 1 aliphatic heterocycles. The summed E-state index contributed by atoms with van der Waals surface area (Å²) in [6.07, 6.45) is 2.39. The van der Waals surface area contributed by atoms with E-state index in [1.54, 1.807) is 58.1 Å². The van der Waals surface area contributed by atoms with Crippen LogP contribution in [0.25, 0.3) is 0 Å². The van der Waals surface area contributed by atoms with Crippen molar-refractivity contribution in [1.82, 2.24) is 20.2 Å². The van der Waals surface area contributed by atoms with Gasteiger partial charge in [-0.3, -0.25) is 14.5 Å². The van der Waals surface area contributed by atoms with Crippen molar-refractivity contribution in [2.24, 2.45) is 0 Å². The highest BCUT2D eigenvalue weighted by Gasteiger charge is 2.27. The summed E-state index contributed by atoms with van der Waals surface area (Å²) in [5.74, 6) is 1.15. The standard InChI is InChI=1S/C28H40N6O5/c1-18(2)30-26-29-14-12-23(32-26)34(24(35)20-10-11-22-19(17-20)13-16-38-22)15-8-9-21(25(36)33(6)7)31-27(37)39-28(3,4)5/h10-12,14,17-18,21H,8-9,13,15-16H2,1-7H3,(H,31,37)(H,29,30,32)/t21-/m0/s1. The highest BCUT2D eigenvalue weighted by molar-refractivity contribution is 6.05. The zero-order valence-electron chi connectivity index (χ0n) is 23.9. The number of anilines is 2. The molecule has 0 fully saturated rings. The van der Waals surface area contributed by atoms with Crippen molar-refractivity contribution in [1.29, 1.82) is 0 Å². The van der Waals surface area contributed by atoms with E-state index < -0.39 is 17.7 Å². The minimum atomic E-state index is -0.812. The quantitative estimate of drug-likeness (QED) is 0.468. The van der Waals surface area contributed by atoms with Crippen LogP contribution < -0.4 is 20.3 Å². The van der Waals surface area contributed by atoms with Gasteiger partial charge in [0.1, 0.15) is 23.2 Å². The van der Waals surface area contributed by atoms with E-state index in [0.29, 0.717) is 36.8 Å². The summed E-state index contributed by atoms with van der Waals surface area (Å²) in [6.45, 7) is 10.1. The third-order valence-corrected chi connectivity index (χ3v) is 5.82. The summed E-state index contributed by atoms with van der Waals surface area (Å²) in [5, 5.41) is 5.85. The minimum Gasteiger partial charge on any atom is -0.493 e. The van der Waals surface area contributed by atoms with Crippen molar-refractivity contribution >= 4 is 29.7 Å². The number of aromatic nitrogens is 2. The molecular weight excluding hydrogens is 500 g/mol. The van der Waals surface area contributed by atoms with E-state index >= 15 is 0 Å². The average molecular weight is 541 g/mol. The first-order valence-corrected chi connectivity index (χ1v) is 13.2. The molecule has 2 N–H and O–H groups in total. The topological polar surface area (TPSA) is 126 Å². The van der Waals surface area contributed by atoms with E-state index in [4.69, 9.17) is 9.47 Å². The summed E-state index contributed by atoms with van der Waals surface area (Å²) in [7, 11) is 3.26. The van der Waals surface area contributed by atoms with Crippen LogP contribution >= 0.6 is 0 Å². The lowest BCUT2D eigenvalue weighted by molar-refractivity contribution is -0.131. The molecule has 212 valence electrons. The summed E-state index contributed by atoms with van der Waals surface area (Å²) in [4.78, 5) is 50.9. The molecule has 0 saturated heterocycles. The molecule has 1 atom stereocenters. The van der Waals surface area contributed by atoms with Crippen LogP contribution in [-0.2, 0) is 16.0 Å². The van der Waals surface area contributed by atoms with Gasteiger partial charge in [-0.05, 0) is 77.3 Å². The first-order chi connectivity index (χ1) is 18.3. The monoisotopic (exact) mass is 540 g/mol. The Bertz CT molecular complexity index is 1180. The molecule has 3 rings (SSSR count). The van der Waals surface area contributed by atoms with Gasteiger partial charge in [0.15, 0.2) is 0 Å². The number of nitrogens with one attached hydrogen (secondary N) is 2. The van der Waals surface area contributed by atoms with Crippen molar-refractivity contribution in [3.05, 3.63) is 41.6 Å². The van der Waals surface area contributed by atoms with Crippen LogP contribution in [-0.4, -0.2) is 77.7 Å². The Kier molecular flexibility index (Phi) is 9.71. The molecule has 1 aliphatic rings. The molecule has 0 unspecified atom stereocenters. The van der Waals surface area contributed by atoms with E-state index in [1.807, 2.05) is 26.0 Å². The summed E-state index contributed by atoms with van der Waals surface area (Å²) in [5.41, 5.74) is 0.808. The third-order valence-electron chi connectivity index (χ3n) is 5.82. The lowest BCUT2D eigenvalue weighted by atomic mass is 10.1. The van der Waals surface area contributed by atoms with E-state index in [2.05, 4.69) is 20.6 Å². The fraction of sp³-hybridized carbons (Fsp3) is 0.536. The van der Waals surface area contributed by atoms with Gasteiger partial charge in [-0.2, -0.15) is 4.98 Å². The number of carbonyl (C=O) groups excluding carboxylic acids is 3. The number of carbonyl (C=O) groups is 3. The third kappa shape index (κ3) is 8.56. The van der Waals surface area contributed by atoms with E-state index in [-0.39, 0.29) is 24.4 Å². The molecule has 1 aromatic carbocycles. The van der Waals surface area contributed by atoms with Gasteiger partial charge in [0.05, 0.1) is 6.61 Å². The number of nitrogens with zero attached hydrogens (tertiary/aromatic N) is 4. The Morgan fingerprint density at radius 3 is 2.56 bits per heavy atom. The van der Waals surface area contributed by atoms with Crippen LogP contribution in [0.5, 0.6) is 5.75 Å². The molecule has 11 nitrogen and oxygen atoms in total. The molecule has 3 amide bonds. The van der Waals surface area contributed by atoms with Crippen molar-refractivity contribution in [2.75, 3.05) is 37.5 Å². The molecule has 0 saturated carbocycles. The smallest absolute Gasteiger partial charge is 0.408 e. The SMILES string of the molecule is CC(C)Nc1nccc(N(CCC[C@H](NC(=O)OC(C)(C)C)C(=O)N(C)C)C(=O)c2ccc3c(c2)CCO3)n1. The van der Waals surface area contributed by atoms with Crippen LogP contribution in [0.3, 0.4) is 0 Å². The summed E-state index contributed by atoms with van der Waals surface area (Å²) in [6, 6.07) is 6.40. The number of rotatable bonds is 10. The van der Waals surface area contributed by atoms with Crippen molar-refractivity contribution in [3.63, 3.8) is 0 Å². The second kappa shape index (κ2) is 12.8. The Balaban J connectivity index is 1.82. The molecule has 11 heteroatoms. The van der Waals surface area contributed by atoms with Crippen LogP contribution in [0.2, 0.25) is 0 Å². The van der Waals surface area contributed by atoms with Crippen LogP contribution in [0, 0.1) is 0 Å². The first kappa shape index (κ1) is 29.7. The number of fused-ring (bicyclic) bond motifs is 1. The van der Waals surface area contributed by atoms with E-state index in [1.165, 1.54) is 4.90 Å². The van der Waals surface area contributed by atoms with E-state index in [0.717, 1.165) is 17.7 Å². The highest BCUT2D eigenvalue weighted by atomic mass is 16.6. The van der Waals surface area contributed by atoms with Gasteiger partial charge in [0.2, 0.25) is 11.9 Å².